The average Bonchev–Trinajstić information content (AvgIpc) is 2.93. The minimum atomic E-state index is 0.413. The van der Waals surface area contributed by atoms with Gasteiger partial charge in [-0.15, -0.1) is 0 Å². The highest BCUT2D eigenvalue weighted by Crippen LogP contribution is 2.54. The SMILES string of the molecule is [B]C1C2CCN(Nc3ccc(C)c(-c4nc(C)co4)c3)CC12. The van der Waals surface area contributed by atoms with Crippen molar-refractivity contribution < 1.29 is 4.42 Å². The number of nitrogens with one attached hydrogen (secondary N) is 1. The smallest absolute Gasteiger partial charge is 0.226 e. The number of aryl methyl sites for hydroxylation is 2. The zero-order chi connectivity index (χ0) is 15.3. The van der Waals surface area contributed by atoms with Crippen LogP contribution in [0.4, 0.5) is 5.69 Å². The molecule has 4 nitrogen and oxygen atoms in total. The molecule has 22 heavy (non-hydrogen) atoms. The molecule has 1 aromatic carbocycles. The maximum atomic E-state index is 6.07. The zero-order valence-electron chi connectivity index (χ0n) is 13.0. The number of hydrogen-bond acceptors (Lipinski definition) is 4. The standard InChI is InChI=1S/C17H20BN3O/c1-10-3-4-12(7-14(10)17-19-11(2)9-22-17)20-21-6-5-13-15(8-21)16(13)18/h3-4,7,9,13,15-16,20H,5-6,8H2,1-2H3. The Kier molecular flexibility index (Phi) is 3.26. The van der Waals surface area contributed by atoms with Crippen LogP contribution in [0, 0.1) is 25.7 Å². The van der Waals surface area contributed by atoms with Gasteiger partial charge in [-0.25, -0.2) is 9.99 Å². The normalized spacial score (nSPS) is 27.5. The molecule has 1 aliphatic heterocycles. The molecule has 3 atom stereocenters. The number of rotatable bonds is 3. The lowest BCUT2D eigenvalue weighted by Gasteiger charge is -2.28. The molecule has 1 aliphatic carbocycles. The van der Waals surface area contributed by atoms with Crippen LogP contribution in [0.3, 0.4) is 0 Å². The molecule has 2 fully saturated rings. The fraction of sp³-hybridized carbons (Fsp3) is 0.471. The second-order valence-electron chi connectivity index (χ2n) is 6.58. The van der Waals surface area contributed by atoms with E-state index in [1.807, 2.05) is 6.92 Å². The molecule has 0 amide bonds. The van der Waals surface area contributed by atoms with E-state index in [-0.39, 0.29) is 0 Å². The molecular weight excluding hydrogens is 273 g/mol. The molecule has 1 aromatic heterocycles. The van der Waals surface area contributed by atoms with Gasteiger partial charge >= 0.3 is 0 Å². The topological polar surface area (TPSA) is 41.3 Å². The Bertz CT molecular complexity index is 699. The van der Waals surface area contributed by atoms with Gasteiger partial charge in [0.2, 0.25) is 5.89 Å². The van der Waals surface area contributed by atoms with Gasteiger partial charge in [-0.3, -0.25) is 0 Å². The van der Waals surface area contributed by atoms with Crippen molar-refractivity contribution in [3.63, 3.8) is 0 Å². The van der Waals surface area contributed by atoms with Crippen LogP contribution in [0.1, 0.15) is 17.7 Å². The summed E-state index contributed by atoms with van der Waals surface area (Å²) in [6.07, 6.45) is 2.88. The number of fused-ring (bicyclic) bond motifs is 1. The van der Waals surface area contributed by atoms with Gasteiger partial charge in [0.25, 0.3) is 0 Å². The summed E-state index contributed by atoms with van der Waals surface area (Å²) in [6.45, 7) is 6.10. The van der Waals surface area contributed by atoms with E-state index in [9.17, 15) is 0 Å². The number of hydrazine groups is 1. The first kappa shape index (κ1) is 13.9. The average molecular weight is 293 g/mol. The molecule has 3 unspecified atom stereocenters. The van der Waals surface area contributed by atoms with Gasteiger partial charge in [0.05, 0.1) is 13.5 Å². The van der Waals surface area contributed by atoms with Crippen LogP contribution in [-0.4, -0.2) is 30.9 Å². The molecular formula is C17H20BN3O. The highest BCUT2D eigenvalue weighted by atomic mass is 16.3. The lowest BCUT2D eigenvalue weighted by atomic mass is 9.98. The third-order valence-electron chi connectivity index (χ3n) is 4.94. The molecule has 5 heteroatoms. The Morgan fingerprint density at radius 3 is 2.91 bits per heavy atom. The predicted octanol–water partition coefficient (Wildman–Crippen LogP) is 3.19. The first-order valence-electron chi connectivity index (χ1n) is 7.92. The van der Waals surface area contributed by atoms with E-state index in [2.05, 4.69) is 40.5 Å². The van der Waals surface area contributed by atoms with Gasteiger partial charge in [0, 0.05) is 24.3 Å². The van der Waals surface area contributed by atoms with Gasteiger partial charge in [-0.05, 0) is 49.8 Å². The number of aromatic nitrogens is 1. The fourth-order valence-electron chi connectivity index (χ4n) is 3.47. The Morgan fingerprint density at radius 1 is 1.32 bits per heavy atom. The molecule has 112 valence electrons. The first-order valence-corrected chi connectivity index (χ1v) is 7.92. The van der Waals surface area contributed by atoms with Crippen molar-refractivity contribution in [1.82, 2.24) is 9.99 Å². The highest BCUT2D eigenvalue weighted by Gasteiger charge is 2.48. The van der Waals surface area contributed by atoms with Crippen LogP contribution in [0.25, 0.3) is 11.5 Å². The molecule has 1 saturated carbocycles. The van der Waals surface area contributed by atoms with E-state index >= 15 is 0 Å². The molecule has 4 rings (SSSR count). The predicted molar refractivity (Wildman–Crippen MR) is 87.7 cm³/mol. The van der Waals surface area contributed by atoms with Crippen LogP contribution in [0.5, 0.6) is 0 Å². The Labute approximate surface area is 132 Å². The van der Waals surface area contributed by atoms with Crippen molar-refractivity contribution in [2.24, 2.45) is 11.8 Å². The van der Waals surface area contributed by atoms with E-state index in [4.69, 9.17) is 12.3 Å². The van der Waals surface area contributed by atoms with E-state index < -0.39 is 0 Å². The third-order valence-corrected chi connectivity index (χ3v) is 4.94. The minimum Gasteiger partial charge on any atom is -0.444 e. The number of benzene rings is 1. The molecule has 2 aromatic rings. The van der Waals surface area contributed by atoms with Crippen LogP contribution in [-0.2, 0) is 0 Å². The quantitative estimate of drug-likeness (QED) is 0.882. The van der Waals surface area contributed by atoms with Gasteiger partial charge in [0.1, 0.15) is 6.26 Å². The van der Waals surface area contributed by atoms with E-state index in [0.717, 1.165) is 41.5 Å². The second kappa shape index (κ2) is 5.16. The maximum Gasteiger partial charge on any atom is 0.226 e. The molecule has 2 radical (unpaired) electrons. The Morgan fingerprint density at radius 2 is 2.18 bits per heavy atom. The lowest BCUT2D eigenvalue weighted by Crippen LogP contribution is -2.36. The van der Waals surface area contributed by atoms with Crippen molar-refractivity contribution in [2.75, 3.05) is 18.5 Å². The van der Waals surface area contributed by atoms with Crippen molar-refractivity contribution in [3.8, 4) is 11.5 Å². The zero-order valence-corrected chi connectivity index (χ0v) is 13.0. The van der Waals surface area contributed by atoms with E-state index in [0.29, 0.717) is 17.6 Å². The van der Waals surface area contributed by atoms with E-state index in [1.165, 1.54) is 6.42 Å². The maximum absolute atomic E-state index is 6.07. The number of anilines is 1. The van der Waals surface area contributed by atoms with Crippen molar-refractivity contribution in [1.29, 1.82) is 0 Å². The number of nitrogens with zero attached hydrogens (tertiary/aromatic N) is 2. The number of hydrogen-bond donors (Lipinski definition) is 1. The van der Waals surface area contributed by atoms with Gasteiger partial charge in [-0.1, -0.05) is 11.9 Å². The highest BCUT2D eigenvalue weighted by molar-refractivity contribution is 6.14. The first-order chi connectivity index (χ1) is 10.6. The molecule has 2 aliphatic rings. The fourth-order valence-corrected chi connectivity index (χ4v) is 3.47. The number of piperidine rings is 1. The summed E-state index contributed by atoms with van der Waals surface area (Å²) in [5.74, 6) is 2.51. The summed E-state index contributed by atoms with van der Waals surface area (Å²) in [5.41, 5.74) is 7.69. The van der Waals surface area contributed by atoms with Crippen LogP contribution in [0.15, 0.2) is 28.9 Å². The molecule has 0 spiro atoms. The van der Waals surface area contributed by atoms with Crippen LogP contribution in [0.2, 0.25) is 5.82 Å². The van der Waals surface area contributed by atoms with Crippen molar-refractivity contribution >= 4 is 13.5 Å². The summed E-state index contributed by atoms with van der Waals surface area (Å²) in [6, 6.07) is 6.32. The second-order valence-corrected chi connectivity index (χ2v) is 6.58. The van der Waals surface area contributed by atoms with Crippen LogP contribution >= 0.6 is 0 Å². The summed E-state index contributed by atoms with van der Waals surface area (Å²) >= 11 is 0. The summed E-state index contributed by atoms with van der Waals surface area (Å²) in [4.78, 5) is 4.43. The molecule has 1 saturated heterocycles. The van der Waals surface area contributed by atoms with Gasteiger partial charge < -0.3 is 9.84 Å². The largest absolute Gasteiger partial charge is 0.444 e. The summed E-state index contributed by atoms with van der Waals surface area (Å²) in [7, 11) is 6.07. The summed E-state index contributed by atoms with van der Waals surface area (Å²) < 4.78 is 5.54. The summed E-state index contributed by atoms with van der Waals surface area (Å²) in [5, 5.41) is 2.28. The monoisotopic (exact) mass is 293 g/mol. The minimum absolute atomic E-state index is 0.413. The van der Waals surface area contributed by atoms with Gasteiger partial charge in [0.15, 0.2) is 0 Å². The molecule has 2 heterocycles. The molecule has 0 bridgehead atoms. The third kappa shape index (κ3) is 2.43. The number of oxazole rings is 1. The molecule has 1 N–H and O–H groups in total. The van der Waals surface area contributed by atoms with Gasteiger partial charge in [-0.2, -0.15) is 0 Å². The lowest BCUT2D eigenvalue weighted by molar-refractivity contribution is 0.262. The van der Waals surface area contributed by atoms with Crippen molar-refractivity contribution in [3.05, 3.63) is 35.7 Å². The Balaban J connectivity index is 1.53. The Hall–Kier alpha value is -1.75. The van der Waals surface area contributed by atoms with Crippen molar-refractivity contribution in [2.45, 2.75) is 26.1 Å². The van der Waals surface area contributed by atoms with E-state index in [1.54, 1.807) is 6.26 Å². The van der Waals surface area contributed by atoms with Crippen LogP contribution < -0.4 is 5.43 Å².